The number of carbonyl (C=O) groups is 2. The van der Waals surface area contributed by atoms with Crippen LogP contribution >= 0.6 is 0 Å². The molecule has 1 amide bonds. The van der Waals surface area contributed by atoms with Crippen LogP contribution in [-0.4, -0.2) is 85.4 Å². The number of rotatable bonds is 18. The number of aromatic nitrogens is 4. The molecule has 0 saturated heterocycles. The normalized spacial score (nSPS) is 11.1. The minimum Gasteiger partial charge on any atom is -0.421 e. The fraction of sp³-hybridized carbons (Fsp3) is 0.500. The van der Waals surface area contributed by atoms with E-state index in [0.29, 0.717) is 93.0 Å². The first kappa shape index (κ1) is 28.1. The number of nitrogens with one attached hydrogen (secondary N) is 1. The van der Waals surface area contributed by atoms with E-state index in [2.05, 4.69) is 25.7 Å². The van der Waals surface area contributed by atoms with E-state index in [-0.39, 0.29) is 18.9 Å². The molecule has 0 unspecified atom stereocenters. The summed E-state index contributed by atoms with van der Waals surface area (Å²) in [5.74, 6) is 1.23. The van der Waals surface area contributed by atoms with Gasteiger partial charge in [-0.1, -0.05) is 0 Å². The molecule has 1 N–H and O–H groups in total. The number of amides is 1. The first-order valence-electron chi connectivity index (χ1n) is 11.9. The summed E-state index contributed by atoms with van der Waals surface area (Å²) in [6.07, 6.45) is 1.37. The number of carbonyl (C=O) groups excluding carboxylic acids is 2. The third-order valence-corrected chi connectivity index (χ3v) is 4.73. The molecule has 0 atom stereocenters. The van der Waals surface area contributed by atoms with E-state index < -0.39 is 0 Å². The quantitative estimate of drug-likeness (QED) is 0.194. The maximum Gasteiger partial charge on any atom is 0.247 e. The minimum atomic E-state index is -0.226. The van der Waals surface area contributed by atoms with Crippen molar-refractivity contribution in [3.8, 4) is 22.9 Å². The molecule has 1 aromatic carbocycles. The molecular formula is C24H31N5O8. The predicted octanol–water partition coefficient (Wildman–Crippen LogP) is 2.39. The maximum absolute atomic E-state index is 12.5. The van der Waals surface area contributed by atoms with E-state index in [1.54, 1.807) is 32.0 Å². The lowest BCUT2D eigenvalue weighted by molar-refractivity contribution is -0.117. The average Bonchev–Trinajstić information content (AvgIpc) is 3.52. The second-order valence-electron chi connectivity index (χ2n) is 7.75. The van der Waals surface area contributed by atoms with Crippen LogP contribution < -0.4 is 5.32 Å². The first-order valence-corrected chi connectivity index (χ1v) is 11.9. The van der Waals surface area contributed by atoms with Gasteiger partial charge in [0.05, 0.1) is 59.3 Å². The fourth-order valence-corrected chi connectivity index (χ4v) is 3.05. The largest absolute Gasteiger partial charge is 0.421 e. The Labute approximate surface area is 213 Å². The van der Waals surface area contributed by atoms with Crippen molar-refractivity contribution >= 4 is 17.9 Å². The first-order chi connectivity index (χ1) is 18.0. The number of anilines is 1. The van der Waals surface area contributed by atoms with E-state index in [1.807, 2.05) is 0 Å². The summed E-state index contributed by atoms with van der Waals surface area (Å²) in [6.45, 7) is 6.53. The van der Waals surface area contributed by atoms with Gasteiger partial charge in [-0.25, -0.2) is 0 Å². The minimum absolute atomic E-state index is 0.159. The van der Waals surface area contributed by atoms with E-state index in [9.17, 15) is 9.59 Å². The van der Waals surface area contributed by atoms with Crippen LogP contribution in [0.4, 0.5) is 5.69 Å². The molecule has 0 fully saturated rings. The summed E-state index contributed by atoms with van der Waals surface area (Å²) in [5, 5.41) is 18.7. The number of benzene rings is 1. The molecule has 0 spiro atoms. The second-order valence-corrected chi connectivity index (χ2v) is 7.75. The van der Waals surface area contributed by atoms with Gasteiger partial charge in [0.15, 0.2) is 0 Å². The highest BCUT2D eigenvalue weighted by atomic mass is 16.6. The molecule has 0 saturated carbocycles. The molecular weight excluding hydrogens is 486 g/mol. The lowest BCUT2D eigenvalue weighted by atomic mass is 10.1. The molecule has 0 aliphatic heterocycles. The van der Waals surface area contributed by atoms with Crippen LogP contribution in [0.25, 0.3) is 22.9 Å². The van der Waals surface area contributed by atoms with Gasteiger partial charge in [0, 0.05) is 37.1 Å². The Morgan fingerprint density at radius 3 is 1.70 bits per heavy atom. The van der Waals surface area contributed by atoms with Crippen molar-refractivity contribution in [1.82, 2.24) is 20.4 Å². The zero-order valence-corrected chi connectivity index (χ0v) is 20.9. The van der Waals surface area contributed by atoms with E-state index in [1.165, 1.54) is 0 Å². The standard InChI is InChI=1S/C24H31N5O8/c1-17-26-28-23(36-17)19-14-20(24-29-27-18(2)37-24)16-21(15-19)25-22(31)4-7-33-9-11-35-13-12-34-10-8-32-6-3-5-30/h5,14-16H,3-4,6-13H2,1-2H3,(H,25,31). The number of hydrogen-bond donors (Lipinski definition) is 1. The Bertz CT molecular complexity index is 1060. The van der Waals surface area contributed by atoms with Crippen molar-refractivity contribution in [3.63, 3.8) is 0 Å². The van der Waals surface area contributed by atoms with Crippen LogP contribution in [0.5, 0.6) is 0 Å². The van der Waals surface area contributed by atoms with Crippen LogP contribution in [-0.2, 0) is 28.5 Å². The van der Waals surface area contributed by atoms with Crippen molar-refractivity contribution in [2.24, 2.45) is 0 Å². The van der Waals surface area contributed by atoms with E-state index in [4.69, 9.17) is 27.8 Å². The Morgan fingerprint density at radius 2 is 1.24 bits per heavy atom. The molecule has 0 aliphatic carbocycles. The summed E-state index contributed by atoms with van der Waals surface area (Å²) in [4.78, 5) is 22.6. The molecule has 13 heteroatoms. The van der Waals surface area contributed by atoms with Gasteiger partial charge in [-0.15, -0.1) is 20.4 Å². The van der Waals surface area contributed by atoms with Crippen molar-refractivity contribution in [3.05, 3.63) is 30.0 Å². The zero-order chi connectivity index (χ0) is 26.3. The summed E-state index contributed by atoms with van der Waals surface area (Å²) in [6, 6.07) is 5.23. The number of ether oxygens (including phenoxy) is 4. The van der Waals surface area contributed by atoms with Gasteiger partial charge in [-0.05, 0) is 18.2 Å². The lowest BCUT2D eigenvalue weighted by Crippen LogP contribution is -2.16. The number of aryl methyl sites for hydroxylation is 2. The highest BCUT2D eigenvalue weighted by Crippen LogP contribution is 2.29. The molecule has 0 bridgehead atoms. The summed E-state index contributed by atoms with van der Waals surface area (Å²) >= 11 is 0. The maximum atomic E-state index is 12.5. The van der Waals surface area contributed by atoms with Crippen LogP contribution in [0.3, 0.4) is 0 Å². The van der Waals surface area contributed by atoms with Crippen molar-refractivity contribution in [2.75, 3.05) is 58.2 Å². The Kier molecular flexibility index (Phi) is 11.8. The average molecular weight is 518 g/mol. The van der Waals surface area contributed by atoms with Gasteiger partial charge in [-0.2, -0.15) is 0 Å². The lowest BCUT2D eigenvalue weighted by Gasteiger charge is -2.09. The zero-order valence-electron chi connectivity index (χ0n) is 20.9. The van der Waals surface area contributed by atoms with Gasteiger partial charge >= 0.3 is 0 Å². The van der Waals surface area contributed by atoms with Gasteiger partial charge in [0.2, 0.25) is 29.5 Å². The van der Waals surface area contributed by atoms with Gasteiger partial charge < -0.3 is 37.9 Å². The highest BCUT2D eigenvalue weighted by Gasteiger charge is 2.15. The Balaban J connectivity index is 1.36. The van der Waals surface area contributed by atoms with Crippen molar-refractivity contribution in [1.29, 1.82) is 0 Å². The molecule has 37 heavy (non-hydrogen) atoms. The SMILES string of the molecule is Cc1nnc(-c2cc(NC(=O)CCOCCOCCOCCOCCC=O)cc(-c3nnc(C)o3)c2)o1. The van der Waals surface area contributed by atoms with Crippen molar-refractivity contribution < 1.29 is 37.4 Å². The molecule has 200 valence electrons. The molecule has 2 aromatic heterocycles. The molecule has 0 radical (unpaired) electrons. The van der Waals surface area contributed by atoms with Crippen LogP contribution in [0, 0.1) is 13.8 Å². The number of aldehydes is 1. The number of hydrogen-bond acceptors (Lipinski definition) is 12. The van der Waals surface area contributed by atoms with Crippen LogP contribution in [0.1, 0.15) is 24.6 Å². The van der Waals surface area contributed by atoms with Crippen LogP contribution in [0.2, 0.25) is 0 Å². The molecule has 2 heterocycles. The molecule has 13 nitrogen and oxygen atoms in total. The fourth-order valence-electron chi connectivity index (χ4n) is 3.05. The van der Waals surface area contributed by atoms with Gasteiger partial charge in [-0.3, -0.25) is 4.79 Å². The molecule has 3 rings (SSSR count). The van der Waals surface area contributed by atoms with E-state index >= 15 is 0 Å². The smallest absolute Gasteiger partial charge is 0.247 e. The Hall–Kier alpha value is -3.52. The van der Waals surface area contributed by atoms with Crippen LogP contribution in [0.15, 0.2) is 27.0 Å². The second kappa shape index (κ2) is 15.6. The highest BCUT2D eigenvalue weighted by molar-refractivity contribution is 5.92. The summed E-state index contributed by atoms with van der Waals surface area (Å²) < 4.78 is 32.5. The molecule has 0 aliphatic rings. The monoisotopic (exact) mass is 517 g/mol. The summed E-state index contributed by atoms with van der Waals surface area (Å²) in [7, 11) is 0. The van der Waals surface area contributed by atoms with Gasteiger partial charge in [0.1, 0.15) is 6.29 Å². The van der Waals surface area contributed by atoms with Gasteiger partial charge in [0.25, 0.3) is 0 Å². The van der Waals surface area contributed by atoms with E-state index in [0.717, 1.165) is 6.29 Å². The predicted molar refractivity (Wildman–Crippen MR) is 130 cm³/mol. The third kappa shape index (κ3) is 10.2. The Morgan fingerprint density at radius 1 is 0.757 bits per heavy atom. The molecule has 3 aromatic rings. The third-order valence-electron chi connectivity index (χ3n) is 4.73. The van der Waals surface area contributed by atoms with Crippen molar-refractivity contribution in [2.45, 2.75) is 26.7 Å². The number of nitrogens with zero attached hydrogens (tertiary/aromatic N) is 4. The topological polar surface area (TPSA) is 161 Å². The summed E-state index contributed by atoms with van der Waals surface area (Å²) in [5.41, 5.74) is 1.72.